The van der Waals surface area contributed by atoms with E-state index in [1.165, 1.54) is 0 Å². The van der Waals surface area contributed by atoms with Gasteiger partial charge < -0.3 is 16.8 Å². The molecule has 12 heavy (non-hydrogen) atoms. The van der Waals surface area contributed by atoms with Crippen molar-refractivity contribution in [2.75, 3.05) is 0 Å². The lowest BCUT2D eigenvalue weighted by molar-refractivity contribution is 0.904. The molecule has 0 fully saturated rings. The molecule has 2 aliphatic rings. The van der Waals surface area contributed by atoms with Crippen LogP contribution in [0.5, 0.6) is 0 Å². The Morgan fingerprint density at radius 1 is 1.42 bits per heavy atom. The van der Waals surface area contributed by atoms with E-state index in [0.717, 1.165) is 0 Å². The third-order valence-electron chi connectivity index (χ3n) is 1.47. The molecule has 2 rings (SSSR count). The molecular formula is C5H6N6S. The Labute approximate surface area is 73.5 Å². The Balaban J connectivity index is 2.44. The SMILES string of the molecule is NC1=NC(N)C2=NC(=S)N=C2N1. The van der Waals surface area contributed by atoms with Crippen LogP contribution in [0.25, 0.3) is 0 Å². The molecule has 0 saturated carbocycles. The molecular weight excluding hydrogens is 176 g/mol. The number of nitrogens with two attached hydrogens (primary N) is 2. The Bertz CT molecular complexity index is 340. The van der Waals surface area contributed by atoms with E-state index in [4.69, 9.17) is 23.7 Å². The van der Waals surface area contributed by atoms with Crippen LogP contribution in [0.2, 0.25) is 0 Å². The number of rotatable bonds is 0. The maximum atomic E-state index is 5.59. The third-order valence-corrected chi connectivity index (χ3v) is 1.65. The molecule has 2 aliphatic heterocycles. The molecule has 2 heterocycles. The largest absolute Gasteiger partial charge is 0.370 e. The normalized spacial score (nSPS) is 26.9. The molecule has 1 unspecified atom stereocenters. The standard InChI is InChI=1S/C5H6N6S/c6-2-1-3(10-4(7)9-2)11-5(12)8-1/h2H,6H2,(H3,7,9,10,11,12). The molecule has 62 valence electrons. The summed E-state index contributed by atoms with van der Waals surface area (Å²) in [6.45, 7) is 0. The first-order valence-electron chi connectivity index (χ1n) is 3.24. The zero-order valence-corrected chi connectivity index (χ0v) is 6.80. The maximum absolute atomic E-state index is 5.59. The zero-order valence-electron chi connectivity index (χ0n) is 5.98. The van der Waals surface area contributed by atoms with Gasteiger partial charge in [0, 0.05) is 0 Å². The maximum Gasteiger partial charge on any atom is 0.221 e. The lowest BCUT2D eigenvalue weighted by atomic mass is 10.2. The monoisotopic (exact) mass is 182 g/mol. The van der Waals surface area contributed by atoms with E-state index in [9.17, 15) is 0 Å². The predicted molar refractivity (Wildman–Crippen MR) is 50.2 cm³/mol. The Morgan fingerprint density at radius 2 is 2.17 bits per heavy atom. The van der Waals surface area contributed by atoms with Gasteiger partial charge in [0.1, 0.15) is 11.9 Å². The van der Waals surface area contributed by atoms with E-state index in [1.54, 1.807) is 0 Å². The first kappa shape index (κ1) is 7.32. The fourth-order valence-corrected chi connectivity index (χ4v) is 1.19. The number of hydrogen-bond donors (Lipinski definition) is 3. The van der Waals surface area contributed by atoms with Crippen molar-refractivity contribution in [3.05, 3.63) is 0 Å². The lowest BCUT2D eigenvalue weighted by Crippen LogP contribution is -2.51. The van der Waals surface area contributed by atoms with Gasteiger partial charge >= 0.3 is 0 Å². The second kappa shape index (κ2) is 2.32. The minimum absolute atomic E-state index is 0.241. The van der Waals surface area contributed by atoms with E-state index in [0.29, 0.717) is 11.5 Å². The number of fused-ring (bicyclic) bond motifs is 1. The summed E-state index contributed by atoms with van der Waals surface area (Å²) in [4.78, 5) is 11.7. The van der Waals surface area contributed by atoms with Crippen molar-refractivity contribution in [1.29, 1.82) is 0 Å². The molecule has 0 saturated heterocycles. The number of aliphatic imine (C=N–C) groups is 3. The van der Waals surface area contributed by atoms with E-state index < -0.39 is 6.17 Å². The third kappa shape index (κ3) is 0.990. The highest BCUT2D eigenvalue weighted by Gasteiger charge is 2.27. The Hall–Kier alpha value is -1.34. The smallest absolute Gasteiger partial charge is 0.221 e. The van der Waals surface area contributed by atoms with Crippen molar-refractivity contribution in [3.63, 3.8) is 0 Å². The van der Waals surface area contributed by atoms with Crippen molar-refractivity contribution in [2.24, 2.45) is 26.4 Å². The van der Waals surface area contributed by atoms with Crippen LogP contribution in [0.1, 0.15) is 0 Å². The first-order valence-corrected chi connectivity index (χ1v) is 3.65. The van der Waals surface area contributed by atoms with Crippen molar-refractivity contribution in [1.82, 2.24) is 5.32 Å². The van der Waals surface area contributed by atoms with Gasteiger partial charge in [-0.15, -0.1) is 0 Å². The van der Waals surface area contributed by atoms with Crippen molar-refractivity contribution in [3.8, 4) is 0 Å². The summed E-state index contributed by atoms with van der Waals surface area (Å²) in [7, 11) is 0. The van der Waals surface area contributed by atoms with Gasteiger partial charge in [0.2, 0.25) is 5.11 Å². The number of nitrogens with one attached hydrogen (secondary N) is 1. The van der Waals surface area contributed by atoms with Gasteiger partial charge in [0.05, 0.1) is 0 Å². The summed E-state index contributed by atoms with van der Waals surface area (Å²) < 4.78 is 0. The van der Waals surface area contributed by atoms with Crippen LogP contribution in [0.4, 0.5) is 0 Å². The summed E-state index contributed by atoms with van der Waals surface area (Å²) in [6, 6.07) is 0. The Kier molecular flexibility index (Phi) is 1.42. The minimum atomic E-state index is -0.551. The zero-order chi connectivity index (χ0) is 8.72. The van der Waals surface area contributed by atoms with Gasteiger partial charge in [-0.25, -0.2) is 9.98 Å². The minimum Gasteiger partial charge on any atom is -0.370 e. The summed E-state index contributed by atoms with van der Waals surface area (Å²) >= 11 is 4.76. The molecule has 0 bridgehead atoms. The van der Waals surface area contributed by atoms with E-state index in [2.05, 4.69) is 20.3 Å². The molecule has 0 amide bonds. The highest BCUT2D eigenvalue weighted by molar-refractivity contribution is 7.80. The molecule has 0 aromatic carbocycles. The molecule has 0 aromatic rings. The molecule has 0 spiro atoms. The van der Waals surface area contributed by atoms with E-state index in [-0.39, 0.29) is 11.1 Å². The van der Waals surface area contributed by atoms with E-state index in [1.807, 2.05) is 0 Å². The summed E-state index contributed by atoms with van der Waals surface area (Å²) in [5, 5.41) is 2.98. The second-order valence-electron chi connectivity index (χ2n) is 2.32. The fourth-order valence-electron chi connectivity index (χ4n) is 0.997. The van der Waals surface area contributed by atoms with Crippen LogP contribution in [-0.4, -0.2) is 28.8 Å². The van der Waals surface area contributed by atoms with Gasteiger partial charge in [-0.05, 0) is 12.2 Å². The number of guanidine groups is 1. The molecule has 1 atom stereocenters. The Morgan fingerprint density at radius 3 is 2.92 bits per heavy atom. The van der Waals surface area contributed by atoms with Crippen molar-refractivity contribution >= 4 is 34.8 Å². The number of thiocarbonyl (C=S) groups is 1. The molecule has 0 aromatic heterocycles. The summed E-state index contributed by atoms with van der Waals surface area (Å²) in [6.07, 6.45) is -0.551. The molecule has 6 nitrogen and oxygen atoms in total. The average Bonchev–Trinajstić information content (AvgIpc) is 2.29. The number of amidine groups is 1. The summed E-state index contributed by atoms with van der Waals surface area (Å²) in [5.74, 6) is 0.755. The van der Waals surface area contributed by atoms with Gasteiger partial charge in [-0.3, -0.25) is 0 Å². The van der Waals surface area contributed by atoms with E-state index >= 15 is 0 Å². The molecule has 0 radical (unpaired) electrons. The lowest BCUT2D eigenvalue weighted by Gasteiger charge is -2.16. The van der Waals surface area contributed by atoms with Crippen molar-refractivity contribution in [2.45, 2.75) is 6.17 Å². The van der Waals surface area contributed by atoms with Crippen LogP contribution >= 0.6 is 12.2 Å². The molecule has 5 N–H and O–H groups in total. The molecule has 7 heteroatoms. The quantitative estimate of drug-likeness (QED) is 0.390. The van der Waals surface area contributed by atoms with Crippen LogP contribution in [0, 0.1) is 0 Å². The van der Waals surface area contributed by atoms with Gasteiger partial charge in [-0.1, -0.05) is 0 Å². The van der Waals surface area contributed by atoms with Crippen LogP contribution in [-0.2, 0) is 0 Å². The number of nitrogens with zero attached hydrogens (tertiary/aromatic N) is 3. The van der Waals surface area contributed by atoms with Gasteiger partial charge in [-0.2, -0.15) is 4.99 Å². The topological polar surface area (TPSA) is 101 Å². The van der Waals surface area contributed by atoms with Crippen LogP contribution < -0.4 is 16.8 Å². The highest BCUT2D eigenvalue weighted by atomic mass is 32.1. The number of hydrogen-bond acceptors (Lipinski definition) is 5. The molecule has 0 aliphatic carbocycles. The first-order chi connectivity index (χ1) is 5.66. The predicted octanol–water partition coefficient (Wildman–Crippen LogP) is -1.67. The van der Waals surface area contributed by atoms with Crippen LogP contribution in [0.15, 0.2) is 15.0 Å². The summed E-state index contributed by atoms with van der Waals surface area (Å²) in [5.41, 5.74) is 11.6. The highest BCUT2D eigenvalue weighted by Crippen LogP contribution is 2.05. The van der Waals surface area contributed by atoms with Gasteiger partial charge in [0.25, 0.3) is 0 Å². The van der Waals surface area contributed by atoms with Gasteiger partial charge in [0.15, 0.2) is 11.8 Å². The second-order valence-corrected chi connectivity index (χ2v) is 2.69. The fraction of sp³-hybridized carbons (Fsp3) is 0.200. The van der Waals surface area contributed by atoms with Crippen LogP contribution in [0.3, 0.4) is 0 Å². The van der Waals surface area contributed by atoms with Crippen molar-refractivity contribution < 1.29 is 0 Å². The average molecular weight is 182 g/mol.